The summed E-state index contributed by atoms with van der Waals surface area (Å²) in [6.07, 6.45) is 0.943. The molecule has 0 aromatic heterocycles. The first-order valence-corrected chi connectivity index (χ1v) is 8.95. The Morgan fingerprint density at radius 1 is 1.40 bits per heavy atom. The molecular formula is C19H26O6. The maximum atomic E-state index is 12.7. The minimum absolute atomic E-state index is 0.0657. The zero-order valence-corrected chi connectivity index (χ0v) is 15.0. The fourth-order valence-electron chi connectivity index (χ4n) is 4.74. The third kappa shape index (κ3) is 2.45. The van der Waals surface area contributed by atoms with E-state index in [-0.39, 0.29) is 42.5 Å². The van der Waals surface area contributed by atoms with Crippen molar-refractivity contribution in [1.29, 1.82) is 0 Å². The molecule has 1 N–H and O–H groups in total. The smallest absolute Gasteiger partial charge is 0.334 e. The maximum Gasteiger partial charge on any atom is 0.334 e. The van der Waals surface area contributed by atoms with Gasteiger partial charge in [-0.1, -0.05) is 20.4 Å². The normalized spacial score (nSPS) is 40.5. The van der Waals surface area contributed by atoms with Gasteiger partial charge in [0.25, 0.3) is 0 Å². The summed E-state index contributed by atoms with van der Waals surface area (Å²) in [4.78, 5) is 36.6. The molecule has 2 saturated carbocycles. The molecule has 1 heterocycles. The molecule has 1 saturated heterocycles. The number of carbonyl (C=O) groups excluding carboxylic acids is 3. The van der Waals surface area contributed by atoms with E-state index in [0.717, 1.165) is 0 Å². The molecule has 0 aromatic rings. The van der Waals surface area contributed by atoms with Crippen LogP contribution in [0, 0.1) is 23.2 Å². The summed E-state index contributed by atoms with van der Waals surface area (Å²) in [6.45, 7) is 9.08. The van der Waals surface area contributed by atoms with Gasteiger partial charge in [-0.15, -0.1) is 0 Å². The van der Waals surface area contributed by atoms with Crippen molar-refractivity contribution in [3.8, 4) is 0 Å². The molecule has 0 spiro atoms. The van der Waals surface area contributed by atoms with Gasteiger partial charge in [-0.3, -0.25) is 9.59 Å². The largest absolute Gasteiger partial charge is 0.465 e. The highest BCUT2D eigenvalue weighted by Gasteiger charge is 2.69. The lowest BCUT2D eigenvalue weighted by molar-refractivity contribution is -0.178. The molecular weight excluding hydrogens is 324 g/mol. The lowest BCUT2D eigenvalue weighted by Crippen LogP contribution is -2.57. The average molecular weight is 350 g/mol. The first-order chi connectivity index (χ1) is 11.6. The molecule has 138 valence electrons. The highest BCUT2D eigenvalue weighted by molar-refractivity contribution is 5.94. The quantitative estimate of drug-likeness (QED) is 0.616. The van der Waals surface area contributed by atoms with Crippen molar-refractivity contribution in [2.75, 3.05) is 6.61 Å². The summed E-state index contributed by atoms with van der Waals surface area (Å²) in [6, 6.07) is 0. The number of aliphatic hydroxyl groups is 1. The SMILES string of the molecule is C=C1C(=O)OC2C1CCC(COC(=O)C(C)C)C1(O)CCC(=O)C21C. The highest BCUT2D eigenvalue weighted by Crippen LogP contribution is 2.58. The molecule has 0 aromatic carbocycles. The van der Waals surface area contributed by atoms with Crippen molar-refractivity contribution in [3.63, 3.8) is 0 Å². The topological polar surface area (TPSA) is 89.9 Å². The van der Waals surface area contributed by atoms with Crippen molar-refractivity contribution >= 4 is 17.7 Å². The number of Topliss-reactive ketones (excluding diaryl/α,β-unsaturated/α-hetero) is 1. The molecule has 1 aliphatic heterocycles. The minimum Gasteiger partial charge on any atom is -0.465 e. The van der Waals surface area contributed by atoms with Crippen molar-refractivity contribution in [1.82, 2.24) is 0 Å². The second-order valence-corrected chi connectivity index (χ2v) is 8.07. The lowest BCUT2D eigenvalue weighted by Gasteiger charge is -2.44. The van der Waals surface area contributed by atoms with Crippen LogP contribution in [-0.2, 0) is 23.9 Å². The third-order valence-electron chi connectivity index (χ3n) is 6.49. The van der Waals surface area contributed by atoms with Gasteiger partial charge >= 0.3 is 11.9 Å². The number of carbonyl (C=O) groups is 3. The van der Waals surface area contributed by atoms with Crippen LogP contribution in [0.3, 0.4) is 0 Å². The van der Waals surface area contributed by atoms with E-state index in [1.807, 2.05) is 0 Å². The Hall–Kier alpha value is -1.69. The minimum atomic E-state index is -1.36. The Labute approximate surface area is 147 Å². The second-order valence-electron chi connectivity index (χ2n) is 8.07. The number of hydrogen-bond acceptors (Lipinski definition) is 6. The van der Waals surface area contributed by atoms with E-state index < -0.39 is 23.1 Å². The summed E-state index contributed by atoms with van der Waals surface area (Å²) in [5.74, 6) is -1.81. The zero-order valence-electron chi connectivity index (χ0n) is 15.0. The van der Waals surface area contributed by atoms with Crippen LogP contribution in [0.4, 0.5) is 0 Å². The molecule has 3 fully saturated rings. The number of esters is 2. The van der Waals surface area contributed by atoms with Gasteiger partial charge in [0.05, 0.1) is 23.5 Å². The van der Waals surface area contributed by atoms with Gasteiger partial charge in [0.1, 0.15) is 11.9 Å². The van der Waals surface area contributed by atoms with Crippen LogP contribution in [0.1, 0.15) is 46.5 Å². The molecule has 0 bridgehead atoms. The Balaban J connectivity index is 1.94. The first-order valence-electron chi connectivity index (χ1n) is 8.95. The van der Waals surface area contributed by atoms with Gasteiger partial charge in [0.2, 0.25) is 0 Å². The summed E-state index contributed by atoms with van der Waals surface area (Å²) in [5, 5.41) is 11.5. The molecule has 6 heteroatoms. The van der Waals surface area contributed by atoms with Gasteiger partial charge in [0, 0.05) is 23.8 Å². The van der Waals surface area contributed by atoms with Gasteiger partial charge in [-0.2, -0.15) is 0 Å². The van der Waals surface area contributed by atoms with E-state index in [9.17, 15) is 19.5 Å². The van der Waals surface area contributed by atoms with E-state index in [1.54, 1.807) is 20.8 Å². The second kappa shape index (κ2) is 5.94. The number of fused-ring (bicyclic) bond motifs is 3. The Bertz CT molecular complexity index is 638. The molecule has 0 amide bonds. The lowest BCUT2D eigenvalue weighted by atomic mass is 9.65. The standard InChI is InChI=1S/C19H26O6/c1-10(2)16(21)24-9-12-5-6-13-11(3)17(22)25-15(13)18(4)14(20)7-8-19(12,18)23/h10,12-13,15,23H,3,5-9H2,1-2,4H3. The average Bonchev–Trinajstić information content (AvgIpc) is 2.94. The number of ketones is 1. The van der Waals surface area contributed by atoms with E-state index in [1.165, 1.54) is 0 Å². The summed E-state index contributed by atoms with van der Waals surface area (Å²) >= 11 is 0. The predicted molar refractivity (Wildman–Crippen MR) is 88.3 cm³/mol. The summed E-state index contributed by atoms with van der Waals surface area (Å²) < 4.78 is 10.9. The van der Waals surface area contributed by atoms with Crippen LogP contribution in [0.25, 0.3) is 0 Å². The van der Waals surface area contributed by atoms with E-state index >= 15 is 0 Å². The molecule has 25 heavy (non-hydrogen) atoms. The number of hydrogen-bond donors (Lipinski definition) is 1. The van der Waals surface area contributed by atoms with Crippen LogP contribution < -0.4 is 0 Å². The molecule has 6 nitrogen and oxygen atoms in total. The number of rotatable bonds is 3. The summed E-state index contributed by atoms with van der Waals surface area (Å²) in [5.41, 5.74) is -2.18. The Morgan fingerprint density at radius 3 is 2.72 bits per heavy atom. The third-order valence-corrected chi connectivity index (χ3v) is 6.49. The van der Waals surface area contributed by atoms with Crippen LogP contribution >= 0.6 is 0 Å². The van der Waals surface area contributed by atoms with Gasteiger partial charge in [-0.05, 0) is 26.2 Å². The molecule has 0 radical (unpaired) electrons. The van der Waals surface area contributed by atoms with Crippen LogP contribution in [-0.4, -0.2) is 41.1 Å². The summed E-state index contributed by atoms with van der Waals surface area (Å²) in [7, 11) is 0. The van der Waals surface area contributed by atoms with Gasteiger partial charge < -0.3 is 14.6 Å². The van der Waals surface area contributed by atoms with Gasteiger partial charge in [-0.25, -0.2) is 4.79 Å². The van der Waals surface area contributed by atoms with Crippen molar-refractivity contribution < 1.29 is 29.0 Å². The molecule has 5 unspecified atom stereocenters. The zero-order chi connectivity index (χ0) is 18.6. The number of ether oxygens (including phenoxy) is 2. The fraction of sp³-hybridized carbons (Fsp3) is 0.737. The van der Waals surface area contributed by atoms with Gasteiger partial charge in [0.15, 0.2) is 0 Å². The Morgan fingerprint density at radius 2 is 2.08 bits per heavy atom. The molecule has 2 aliphatic carbocycles. The first kappa shape index (κ1) is 18.1. The molecule has 5 atom stereocenters. The Kier molecular flexibility index (Phi) is 4.30. The highest BCUT2D eigenvalue weighted by atomic mass is 16.6. The van der Waals surface area contributed by atoms with Crippen LogP contribution in [0.5, 0.6) is 0 Å². The van der Waals surface area contributed by atoms with Crippen molar-refractivity contribution in [2.45, 2.75) is 58.2 Å². The predicted octanol–water partition coefficient (Wildman–Crippen LogP) is 1.79. The molecule has 3 rings (SSSR count). The monoisotopic (exact) mass is 350 g/mol. The van der Waals surface area contributed by atoms with Crippen molar-refractivity contribution in [2.24, 2.45) is 23.2 Å². The molecule has 3 aliphatic rings. The van der Waals surface area contributed by atoms with E-state index in [4.69, 9.17) is 9.47 Å². The van der Waals surface area contributed by atoms with E-state index in [2.05, 4.69) is 6.58 Å². The van der Waals surface area contributed by atoms with Crippen LogP contribution in [0.2, 0.25) is 0 Å². The van der Waals surface area contributed by atoms with E-state index in [0.29, 0.717) is 24.8 Å². The van der Waals surface area contributed by atoms with Crippen LogP contribution in [0.15, 0.2) is 12.2 Å². The van der Waals surface area contributed by atoms with Crippen molar-refractivity contribution in [3.05, 3.63) is 12.2 Å². The fourth-order valence-corrected chi connectivity index (χ4v) is 4.74. The maximum absolute atomic E-state index is 12.7.